The van der Waals surface area contributed by atoms with Gasteiger partial charge in [0.25, 0.3) is 0 Å². The third-order valence-electron chi connectivity index (χ3n) is 7.75. The minimum absolute atomic E-state index is 0.604. The van der Waals surface area contributed by atoms with E-state index in [1.165, 1.54) is 16.7 Å². The van der Waals surface area contributed by atoms with Gasteiger partial charge in [0.15, 0.2) is 11.5 Å². The molecule has 0 spiro atoms. The van der Waals surface area contributed by atoms with Gasteiger partial charge in [-0.2, -0.15) is 0 Å². The van der Waals surface area contributed by atoms with Gasteiger partial charge in [0, 0.05) is 61.5 Å². The minimum atomic E-state index is 0.604. The first-order valence-electron chi connectivity index (χ1n) is 14.0. The Bertz CT molecular complexity index is 1340. The Labute approximate surface area is 238 Å². The largest absolute Gasteiger partial charge is 0.496 e. The van der Waals surface area contributed by atoms with E-state index in [-0.39, 0.29) is 0 Å². The Morgan fingerprint density at radius 3 is 2.08 bits per heavy atom. The number of H-pyrrole nitrogens is 1. The predicted octanol–water partition coefficient (Wildman–Crippen LogP) is 5.69. The second kappa shape index (κ2) is 13.3. The number of aromatic nitrogens is 1. The molecule has 8 heteroatoms. The molecule has 0 aliphatic carbocycles. The number of rotatable bonds is 12. The summed E-state index contributed by atoms with van der Waals surface area (Å²) in [6, 6.07) is 6.33. The molecule has 1 saturated heterocycles. The van der Waals surface area contributed by atoms with Crippen LogP contribution in [0.1, 0.15) is 42.7 Å². The lowest BCUT2D eigenvalue weighted by Gasteiger charge is -2.34. The molecule has 2 heterocycles. The topological polar surface area (TPSA) is 68.4 Å². The van der Waals surface area contributed by atoms with E-state index in [1.54, 1.807) is 35.5 Å². The van der Waals surface area contributed by atoms with Crippen LogP contribution in [0.4, 0.5) is 0 Å². The van der Waals surface area contributed by atoms with Crippen molar-refractivity contribution in [2.45, 2.75) is 40.2 Å². The predicted molar refractivity (Wildman–Crippen MR) is 162 cm³/mol. The van der Waals surface area contributed by atoms with Gasteiger partial charge in [-0.3, -0.25) is 9.80 Å². The smallest absolute Gasteiger partial charge is 0.205 e. The van der Waals surface area contributed by atoms with E-state index in [2.05, 4.69) is 53.8 Å². The van der Waals surface area contributed by atoms with Gasteiger partial charge in [0.05, 0.1) is 41.1 Å². The highest BCUT2D eigenvalue weighted by atomic mass is 16.5. The summed E-state index contributed by atoms with van der Waals surface area (Å²) in [5.41, 5.74) is 6.94. The summed E-state index contributed by atoms with van der Waals surface area (Å²) in [4.78, 5) is 8.58. The number of benzene rings is 2. The first-order valence-corrected chi connectivity index (χ1v) is 14.0. The molecule has 3 aromatic rings. The average molecular weight is 552 g/mol. The molecule has 2 aromatic carbocycles. The summed E-state index contributed by atoms with van der Waals surface area (Å²) < 4.78 is 28.2. The van der Waals surface area contributed by atoms with E-state index in [9.17, 15) is 0 Å². The van der Waals surface area contributed by atoms with Gasteiger partial charge in [0.1, 0.15) is 11.5 Å². The third-order valence-corrected chi connectivity index (χ3v) is 7.75. The van der Waals surface area contributed by atoms with Crippen LogP contribution in [0.2, 0.25) is 0 Å². The Kier molecular flexibility index (Phi) is 9.87. The molecule has 0 radical (unpaired) electrons. The molecule has 40 heavy (non-hydrogen) atoms. The van der Waals surface area contributed by atoms with Crippen molar-refractivity contribution < 1.29 is 23.7 Å². The van der Waals surface area contributed by atoms with Crippen LogP contribution in [0.3, 0.4) is 0 Å². The Morgan fingerprint density at radius 2 is 1.48 bits per heavy atom. The molecule has 1 N–H and O–H groups in total. The van der Waals surface area contributed by atoms with Crippen molar-refractivity contribution in [1.29, 1.82) is 0 Å². The lowest BCUT2D eigenvalue weighted by Crippen LogP contribution is -2.46. The number of nitrogens with zero attached hydrogens (tertiary/aromatic N) is 2. The van der Waals surface area contributed by atoms with Crippen molar-refractivity contribution in [3.63, 3.8) is 0 Å². The first kappa shape index (κ1) is 29.6. The monoisotopic (exact) mass is 551 g/mol. The molecule has 0 atom stereocenters. The van der Waals surface area contributed by atoms with Crippen molar-refractivity contribution in [1.82, 2.24) is 14.8 Å². The summed E-state index contributed by atoms with van der Waals surface area (Å²) in [7, 11) is 8.40. The van der Waals surface area contributed by atoms with Crippen molar-refractivity contribution in [2.24, 2.45) is 0 Å². The van der Waals surface area contributed by atoms with Gasteiger partial charge >= 0.3 is 0 Å². The lowest BCUT2D eigenvalue weighted by atomic mass is 9.96. The summed E-state index contributed by atoms with van der Waals surface area (Å²) in [5, 5.41) is 1.05. The Hall–Kier alpha value is -3.36. The normalized spacial score (nSPS) is 14.9. The van der Waals surface area contributed by atoms with Gasteiger partial charge in [0.2, 0.25) is 5.75 Å². The average Bonchev–Trinajstić information content (AvgIpc) is 3.36. The van der Waals surface area contributed by atoms with Crippen LogP contribution in [-0.2, 0) is 13.0 Å². The fourth-order valence-corrected chi connectivity index (χ4v) is 5.83. The van der Waals surface area contributed by atoms with E-state index < -0.39 is 0 Å². The number of nitrogens with one attached hydrogen (secondary N) is 1. The molecule has 1 fully saturated rings. The van der Waals surface area contributed by atoms with Gasteiger partial charge in [-0.15, -0.1) is 0 Å². The van der Waals surface area contributed by atoms with Gasteiger partial charge in [-0.05, 0) is 44.0 Å². The summed E-state index contributed by atoms with van der Waals surface area (Å²) in [5.74, 6) is 3.75. The van der Waals surface area contributed by atoms with Crippen molar-refractivity contribution in [3.8, 4) is 28.7 Å². The van der Waals surface area contributed by atoms with E-state index in [0.717, 1.165) is 85.8 Å². The standard InChI is InChI=1S/C32H45N3O5/c1-9-10-26-23(17-27(36-4)22(3)30(26)38-6)15-21(2)19-34-11-13-35(14-12-34)20-25-16-24-18-28(37-5)31(39-7)32(40-8)29(24)33-25/h15-18,33H,9-14,19-20H2,1-8H3/b21-15+. The number of methoxy groups -OCH3 is 5. The van der Waals surface area contributed by atoms with Crippen molar-refractivity contribution in [2.75, 3.05) is 68.3 Å². The fraction of sp³-hybridized carbons (Fsp3) is 0.500. The van der Waals surface area contributed by atoms with Crippen LogP contribution in [0, 0.1) is 6.92 Å². The van der Waals surface area contributed by atoms with Crippen molar-refractivity contribution >= 4 is 17.0 Å². The van der Waals surface area contributed by atoms with Gasteiger partial charge in [-0.25, -0.2) is 0 Å². The van der Waals surface area contributed by atoms with E-state index in [4.69, 9.17) is 23.7 Å². The molecule has 1 aliphatic rings. The summed E-state index contributed by atoms with van der Waals surface area (Å²) in [6.07, 6.45) is 4.35. The number of ether oxygens (including phenoxy) is 5. The maximum atomic E-state index is 5.81. The van der Waals surface area contributed by atoms with Crippen LogP contribution in [-0.4, -0.2) is 83.1 Å². The first-order chi connectivity index (χ1) is 19.4. The molecular formula is C32H45N3O5. The lowest BCUT2D eigenvalue weighted by molar-refractivity contribution is 0.134. The fourth-order valence-electron chi connectivity index (χ4n) is 5.83. The van der Waals surface area contributed by atoms with Crippen LogP contribution >= 0.6 is 0 Å². The van der Waals surface area contributed by atoms with Crippen LogP contribution in [0.15, 0.2) is 23.8 Å². The zero-order valence-electron chi connectivity index (χ0n) is 25.4. The molecular weight excluding hydrogens is 506 g/mol. The van der Waals surface area contributed by atoms with Crippen molar-refractivity contribution in [3.05, 3.63) is 46.2 Å². The highest BCUT2D eigenvalue weighted by Crippen LogP contribution is 2.43. The highest BCUT2D eigenvalue weighted by Gasteiger charge is 2.21. The molecule has 4 rings (SSSR count). The molecule has 1 aliphatic heterocycles. The summed E-state index contributed by atoms with van der Waals surface area (Å²) >= 11 is 0. The number of hydrogen-bond acceptors (Lipinski definition) is 7. The highest BCUT2D eigenvalue weighted by molar-refractivity contribution is 5.91. The van der Waals surface area contributed by atoms with E-state index in [0.29, 0.717) is 17.2 Å². The third kappa shape index (κ3) is 6.18. The zero-order chi connectivity index (χ0) is 28.8. The quantitative estimate of drug-likeness (QED) is 0.310. The number of piperazine rings is 1. The molecule has 218 valence electrons. The SMILES string of the molecule is CCCc1c(/C=C(\C)CN2CCN(Cc3cc4cc(OC)c(OC)c(OC)c4[nH]3)CC2)cc(OC)c(C)c1OC. The zero-order valence-corrected chi connectivity index (χ0v) is 25.4. The minimum Gasteiger partial charge on any atom is -0.496 e. The number of aromatic amines is 1. The van der Waals surface area contributed by atoms with Crippen LogP contribution < -0.4 is 23.7 Å². The molecule has 1 aromatic heterocycles. The molecule has 8 nitrogen and oxygen atoms in total. The van der Waals surface area contributed by atoms with Gasteiger partial charge < -0.3 is 28.7 Å². The Morgan fingerprint density at radius 1 is 0.825 bits per heavy atom. The summed E-state index contributed by atoms with van der Waals surface area (Å²) in [6.45, 7) is 12.4. The number of fused-ring (bicyclic) bond motifs is 1. The Balaban J connectivity index is 1.42. The van der Waals surface area contributed by atoms with E-state index >= 15 is 0 Å². The maximum absolute atomic E-state index is 5.81. The molecule has 0 saturated carbocycles. The maximum Gasteiger partial charge on any atom is 0.205 e. The molecule has 0 bridgehead atoms. The molecule has 0 amide bonds. The number of hydrogen-bond donors (Lipinski definition) is 1. The van der Waals surface area contributed by atoms with Crippen LogP contribution in [0.25, 0.3) is 17.0 Å². The second-order valence-electron chi connectivity index (χ2n) is 10.5. The molecule has 0 unspecified atom stereocenters. The second-order valence-corrected chi connectivity index (χ2v) is 10.5. The van der Waals surface area contributed by atoms with Gasteiger partial charge in [-0.1, -0.05) is 25.0 Å². The van der Waals surface area contributed by atoms with Crippen LogP contribution in [0.5, 0.6) is 28.7 Å². The van der Waals surface area contributed by atoms with E-state index in [1.807, 2.05) is 6.07 Å².